The van der Waals surface area contributed by atoms with Crippen LogP contribution in [0.3, 0.4) is 0 Å². The van der Waals surface area contributed by atoms with Gasteiger partial charge in [-0.25, -0.2) is 0 Å². The summed E-state index contributed by atoms with van der Waals surface area (Å²) in [4.78, 5) is 15.7. The quantitative estimate of drug-likeness (QED) is 0.684. The van der Waals surface area contributed by atoms with E-state index in [-0.39, 0.29) is 17.9 Å². The molecule has 0 aromatic heterocycles. The molecule has 2 atom stereocenters. The molecule has 0 N–H and O–H groups in total. The molecule has 1 aliphatic rings. The van der Waals surface area contributed by atoms with Crippen LogP contribution >= 0.6 is 0 Å². The van der Waals surface area contributed by atoms with Crippen molar-refractivity contribution in [3.05, 3.63) is 0 Å². The van der Waals surface area contributed by atoms with Gasteiger partial charge in [-0.05, 0) is 19.9 Å². The van der Waals surface area contributed by atoms with Crippen LogP contribution in [-0.4, -0.2) is 48.4 Å². The van der Waals surface area contributed by atoms with Gasteiger partial charge < -0.3 is 4.90 Å². The maximum atomic E-state index is 11.8. The van der Waals surface area contributed by atoms with Crippen LogP contribution < -0.4 is 0 Å². The fraction of sp³-hybridized carbons (Fsp3) is 0.818. The van der Waals surface area contributed by atoms with E-state index in [0.717, 1.165) is 19.5 Å². The Balaban J connectivity index is 2.60. The Hall–Kier alpha value is -1.08. The molecule has 0 aliphatic carbocycles. The third kappa shape index (κ3) is 2.69. The number of likely N-dealkylation sites (N-methyl/N-ethyl adjacent to an activating group) is 2. The van der Waals surface area contributed by atoms with E-state index in [0.29, 0.717) is 6.54 Å². The predicted octanol–water partition coefficient (Wildman–Crippen LogP) is 0.699. The number of carbonyl (C=O) groups excluding carboxylic acids is 1. The highest BCUT2D eigenvalue weighted by molar-refractivity contribution is 5.83. The number of nitriles is 1. The highest BCUT2D eigenvalue weighted by atomic mass is 16.2. The lowest BCUT2D eigenvalue weighted by Gasteiger charge is -2.26. The van der Waals surface area contributed by atoms with Gasteiger partial charge in [-0.15, -0.1) is 0 Å². The van der Waals surface area contributed by atoms with E-state index < -0.39 is 0 Å². The predicted molar refractivity (Wildman–Crippen MR) is 58.1 cm³/mol. The van der Waals surface area contributed by atoms with Gasteiger partial charge in [0, 0.05) is 20.1 Å². The Bertz CT molecular complexity index is 271. The van der Waals surface area contributed by atoms with Gasteiger partial charge in [0.15, 0.2) is 0 Å². The molecule has 0 aromatic rings. The Morgan fingerprint density at radius 2 is 2.40 bits per heavy atom. The third-order valence-corrected chi connectivity index (χ3v) is 2.97. The van der Waals surface area contributed by atoms with Gasteiger partial charge in [-0.2, -0.15) is 5.26 Å². The summed E-state index contributed by atoms with van der Waals surface area (Å²) in [5, 5.41) is 8.77. The lowest BCUT2D eigenvalue weighted by Crippen LogP contribution is -2.42. The minimum Gasteiger partial charge on any atom is -0.344 e. The standard InChI is InChI=1S/C11H19N3O/c1-4-14(8-9(2)7-12)10-5-6-13(3)11(10)15/h9-10H,4-6,8H2,1-3H3. The van der Waals surface area contributed by atoms with Crippen molar-refractivity contribution in [3.8, 4) is 6.07 Å². The van der Waals surface area contributed by atoms with Crippen molar-refractivity contribution in [3.63, 3.8) is 0 Å². The van der Waals surface area contributed by atoms with Crippen LogP contribution in [0.25, 0.3) is 0 Å². The minimum absolute atomic E-state index is 0.00389. The molecule has 1 fully saturated rings. The molecule has 15 heavy (non-hydrogen) atoms. The summed E-state index contributed by atoms with van der Waals surface area (Å²) >= 11 is 0. The second kappa shape index (κ2) is 5.13. The minimum atomic E-state index is -0.0105. The number of carbonyl (C=O) groups is 1. The Morgan fingerprint density at radius 1 is 1.73 bits per heavy atom. The van der Waals surface area contributed by atoms with Crippen LogP contribution in [-0.2, 0) is 4.79 Å². The van der Waals surface area contributed by atoms with E-state index >= 15 is 0 Å². The number of likely N-dealkylation sites (tertiary alicyclic amines) is 1. The van der Waals surface area contributed by atoms with Crippen LogP contribution in [0.5, 0.6) is 0 Å². The van der Waals surface area contributed by atoms with E-state index in [4.69, 9.17) is 5.26 Å². The summed E-state index contributed by atoms with van der Waals surface area (Å²) < 4.78 is 0. The SMILES string of the molecule is CCN(CC(C)C#N)C1CCN(C)C1=O. The largest absolute Gasteiger partial charge is 0.344 e. The molecule has 0 radical (unpaired) electrons. The average molecular weight is 209 g/mol. The highest BCUT2D eigenvalue weighted by Gasteiger charge is 2.33. The van der Waals surface area contributed by atoms with Gasteiger partial charge in [0.2, 0.25) is 5.91 Å². The zero-order valence-electron chi connectivity index (χ0n) is 9.73. The van der Waals surface area contributed by atoms with Crippen LogP contribution in [0.15, 0.2) is 0 Å². The van der Waals surface area contributed by atoms with Crippen molar-refractivity contribution in [1.29, 1.82) is 5.26 Å². The lowest BCUT2D eigenvalue weighted by molar-refractivity contribution is -0.131. The summed E-state index contributed by atoms with van der Waals surface area (Å²) in [6, 6.07) is 2.21. The number of hydrogen-bond acceptors (Lipinski definition) is 3. The van der Waals surface area contributed by atoms with Gasteiger partial charge in [0.1, 0.15) is 0 Å². The first-order chi connectivity index (χ1) is 7.10. The van der Waals surface area contributed by atoms with Crippen molar-refractivity contribution in [2.45, 2.75) is 26.3 Å². The van der Waals surface area contributed by atoms with Gasteiger partial charge in [0.25, 0.3) is 0 Å². The van der Waals surface area contributed by atoms with E-state index in [1.807, 2.05) is 20.9 Å². The summed E-state index contributed by atoms with van der Waals surface area (Å²) in [5.74, 6) is 0.186. The fourth-order valence-corrected chi connectivity index (χ4v) is 2.01. The topological polar surface area (TPSA) is 47.3 Å². The summed E-state index contributed by atoms with van der Waals surface area (Å²) in [7, 11) is 1.84. The fourth-order valence-electron chi connectivity index (χ4n) is 2.01. The van der Waals surface area contributed by atoms with Crippen molar-refractivity contribution >= 4 is 5.91 Å². The van der Waals surface area contributed by atoms with E-state index in [1.54, 1.807) is 4.90 Å². The second-order valence-corrected chi connectivity index (χ2v) is 4.18. The van der Waals surface area contributed by atoms with E-state index in [9.17, 15) is 4.79 Å². The van der Waals surface area contributed by atoms with Crippen molar-refractivity contribution in [1.82, 2.24) is 9.80 Å². The molecule has 4 heteroatoms. The maximum absolute atomic E-state index is 11.8. The molecule has 0 spiro atoms. The molecule has 84 valence electrons. The molecular formula is C11H19N3O. The molecule has 1 saturated heterocycles. The van der Waals surface area contributed by atoms with Crippen LogP contribution in [0, 0.1) is 17.2 Å². The zero-order valence-corrected chi connectivity index (χ0v) is 9.73. The number of hydrogen-bond donors (Lipinski definition) is 0. The van der Waals surface area contributed by atoms with Gasteiger partial charge in [-0.1, -0.05) is 6.92 Å². The molecule has 2 unspecified atom stereocenters. The van der Waals surface area contributed by atoms with Gasteiger partial charge >= 0.3 is 0 Å². The zero-order chi connectivity index (χ0) is 11.4. The Morgan fingerprint density at radius 3 is 2.80 bits per heavy atom. The summed E-state index contributed by atoms with van der Waals surface area (Å²) in [5.41, 5.74) is 0. The first-order valence-electron chi connectivity index (χ1n) is 5.48. The third-order valence-electron chi connectivity index (χ3n) is 2.97. The molecular weight excluding hydrogens is 190 g/mol. The molecule has 0 bridgehead atoms. The van der Waals surface area contributed by atoms with Crippen molar-refractivity contribution in [2.24, 2.45) is 5.92 Å². The molecule has 1 aliphatic heterocycles. The van der Waals surface area contributed by atoms with Gasteiger partial charge in [-0.3, -0.25) is 9.69 Å². The van der Waals surface area contributed by atoms with E-state index in [1.165, 1.54) is 0 Å². The van der Waals surface area contributed by atoms with Crippen LogP contribution in [0.1, 0.15) is 20.3 Å². The average Bonchev–Trinajstić information content (AvgIpc) is 2.56. The van der Waals surface area contributed by atoms with Gasteiger partial charge in [0.05, 0.1) is 18.0 Å². The van der Waals surface area contributed by atoms with E-state index in [2.05, 4.69) is 11.0 Å². The molecule has 0 aromatic carbocycles. The summed E-state index contributed by atoms with van der Waals surface area (Å²) in [6.45, 7) is 6.29. The maximum Gasteiger partial charge on any atom is 0.239 e. The molecule has 1 amide bonds. The molecule has 4 nitrogen and oxygen atoms in total. The van der Waals surface area contributed by atoms with Crippen molar-refractivity contribution in [2.75, 3.05) is 26.7 Å². The monoisotopic (exact) mass is 209 g/mol. The molecule has 0 saturated carbocycles. The smallest absolute Gasteiger partial charge is 0.239 e. The number of rotatable bonds is 4. The van der Waals surface area contributed by atoms with Crippen molar-refractivity contribution < 1.29 is 4.79 Å². The summed E-state index contributed by atoms with van der Waals surface area (Å²) in [6.07, 6.45) is 0.890. The first kappa shape index (κ1) is 12.0. The Kier molecular flexibility index (Phi) is 4.10. The molecule has 1 heterocycles. The first-order valence-corrected chi connectivity index (χ1v) is 5.48. The molecule has 1 rings (SSSR count). The number of amides is 1. The second-order valence-electron chi connectivity index (χ2n) is 4.18. The van der Waals surface area contributed by atoms with Crippen LogP contribution in [0.2, 0.25) is 0 Å². The number of nitrogens with zero attached hydrogens (tertiary/aromatic N) is 3. The lowest BCUT2D eigenvalue weighted by atomic mass is 10.1. The Labute approximate surface area is 91.5 Å². The van der Waals surface area contributed by atoms with Crippen LogP contribution in [0.4, 0.5) is 0 Å². The highest BCUT2D eigenvalue weighted by Crippen LogP contribution is 2.16. The normalized spacial score (nSPS) is 23.3.